The minimum atomic E-state index is -0.713. The van der Waals surface area contributed by atoms with Crippen molar-refractivity contribution in [1.82, 2.24) is 5.32 Å². The average Bonchev–Trinajstić information content (AvgIpc) is 3.07. The number of carbonyl (C=O) groups is 1. The third-order valence-electron chi connectivity index (χ3n) is 6.66. The number of nitrogens with one attached hydrogen (secondary N) is 1. The van der Waals surface area contributed by atoms with Crippen molar-refractivity contribution in [3.8, 4) is 0 Å². The molecule has 170 valence electrons. The van der Waals surface area contributed by atoms with E-state index in [4.69, 9.17) is 5.11 Å². The van der Waals surface area contributed by atoms with E-state index in [0.29, 0.717) is 16.7 Å². The van der Waals surface area contributed by atoms with Crippen molar-refractivity contribution in [3.63, 3.8) is 0 Å². The van der Waals surface area contributed by atoms with E-state index in [2.05, 4.69) is 12.2 Å². The van der Waals surface area contributed by atoms with Crippen LogP contribution in [0.25, 0.3) is 0 Å². The number of carboxylic acid groups (broad SMARTS) is 1. The molecule has 0 radical (unpaired) electrons. The second-order valence-corrected chi connectivity index (χ2v) is 10.0. The monoisotopic (exact) mass is 439 g/mol. The summed E-state index contributed by atoms with van der Waals surface area (Å²) in [5.41, 5.74) is -0.114. The van der Waals surface area contributed by atoms with Crippen molar-refractivity contribution in [2.45, 2.75) is 87.7 Å². The van der Waals surface area contributed by atoms with Crippen molar-refractivity contribution in [3.05, 3.63) is 30.1 Å². The molecule has 30 heavy (non-hydrogen) atoms. The molecule has 0 heterocycles. The zero-order valence-electron chi connectivity index (χ0n) is 18.4. The van der Waals surface area contributed by atoms with Crippen molar-refractivity contribution in [1.29, 1.82) is 0 Å². The summed E-state index contributed by atoms with van der Waals surface area (Å²) >= 11 is 1.54. The van der Waals surface area contributed by atoms with Crippen LogP contribution in [-0.4, -0.2) is 40.6 Å². The molecule has 0 bridgehead atoms. The highest BCUT2D eigenvalue weighted by Gasteiger charge is 2.36. The third kappa shape index (κ3) is 8.20. The van der Waals surface area contributed by atoms with Gasteiger partial charge in [-0.05, 0) is 70.0 Å². The molecule has 1 aromatic carbocycles. The van der Waals surface area contributed by atoms with Crippen LogP contribution < -0.4 is 5.32 Å². The first-order valence-electron chi connectivity index (χ1n) is 11.3. The summed E-state index contributed by atoms with van der Waals surface area (Å²) in [6.45, 7) is 2.18. The lowest BCUT2D eigenvalue weighted by Gasteiger charge is -2.32. The Morgan fingerprint density at radius 3 is 2.63 bits per heavy atom. The maximum Gasteiger partial charge on any atom is 0.303 e. The van der Waals surface area contributed by atoms with Gasteiger partial charge in [-0.2, -0.15) is 0 Å². The standard InChI is InChI=1S/C24H38FNO3S/c1-24(26-2,17-30-22-11-8-7-10-20(22)25)16-15-19-18(13-14-21(19)27)9-5-3-4-6-12-23(28)29/h7-8,10-11,18-19,21,26-27H,3-6,9,12-17H2,1-2H3,(H,28,29)/t18?,19-,21-,24?/m1/s1. The van der Waals surface area contributed by atoms with Crippen molar-refractivity contribution < 1.29 is 19.4 Å². The molecule has 1 aliphatic rings. The summed E-state index contributed by atoms with van der Waals surface area (Å²) in [6, 6.07) is 6.90. The molecule has 0 aliphatic heterocycles. The number of hydrogen-bond donors (Lipinski definition) is 3. The Morgan fingerprint density at radius 2 is 1.93 bits per heavy atom. The van der Waals surface area contributed by atoms with Gasteiger partial charge in [0.2, 0.25) is 0 Å². The van der Waals surface area contributed by atoms with Crippen LogP contribution >= 0.6 is 11.8 Å². The molecule has 4 atom stereocenters. The largest absolute Gasteiger partial charge is 0.481 e. The normalized spacial score (nSPS) is 23.4. The molecular weight excluding hydrogens is 401 g/mol. The van der Waals surface area contributed by atoms with Gasteiger partial charge in [0.1, 0.15) is 5.82 Å². The minimum absolute atomic E-state index is 0.114. The highest BCUT2D eigenvalue weighted by atomic mass is 32.2. The van der Waals surface area contributed by atoms with Gasteiger partial charge in [0.15, 0.2) is 0 Å². The smallest absolute Gasteiger partial charge is 0.303 e. The van der Waals surface area contributed by atoms with Gasteiger partial charge in [0.05, 0.1) is 6.10 Å². The van der Waals surface area contributed by atoms with Crippen LogP contribution in [0.2, 0.25) is 0 Å². The predicted octanol–water partition coefficient (Wildman–Crippen LogP) is 5.49. The van der Waals surface area contributed by atoms with Crippen LogP contribution in [0, 0.1) is 17.7 Å². The molecule has 1 saturated carbocycles. The fourth-order valence-electron chi connectivity index (χ4n) is 4.50. The van der Waals surface area contributed by atoms with E-state index < -0.39 is 5.97 Å². The second-order valence-electron chi connectivity index (χ2n) is 8.98. The number of hydrogen-bond acceptors (Lipinski definition) is 4. The number of benzene rings is 1. The van der Waals surface area contributed by atoms with Gasteiger partial charge in [0, 0.05) is 22.6 Å². The predicted molar refractivity (Wildman–Crippen MR) is 121 cm³/mol. The van der Waals surface area contributed by atoms with Crippen LogP contribution in [-0.2, 0) is 4.79 Å². The van der Waals surface area contributed by atoms with Crippen LogP contribution in [0.1, 0.15) is 71.1 Å². The van der Waals surface area contributed by atoms with Gasteiger partial charge >= 0.3 is 5.97 Å². The van der Waals surface area contributed by atoms with E-state index in [9.17, 15) is 14.3 Å². The Hall–Kier alpha value is -1.11. The Kier molecular flexibility index (Phi) is 10.6. The van der Waals surface area contributed by atoms with Gasteiger partial charge in [-0.15, -0.1) is 11.8 Å². The third-order valence-corrected chi connectivity index (χ3v) is 8.09. The van der Waals surface area contributed by atoms with Crippen LogP contribution in [0.3, 0.4) is 0 Å². The second kappa shape index (κ2) is 12.7. The molecule has 0 saturated heterocycles. The molecule has 1 fully saturated rings. The number of halogens is 1. The van der Waals surface area contributed by atoms with E-state index in [-0.39, 0.29) is 23.9 Å². The summed E-state index contributed by atoms with van der Waals surface area (Å²) in [6.07, 6.45) is 8.96. The number of aliphatic hydroxyl groups excluding tert-OH is 1. The van der Waals surface area contributed by atoms with Crippen LogP contribution in [0.15, 0.2) is 29.2 Å². The van der Waals surface area contributed by atoms with E-state index >= 15 is 0 Å². The molecule has 0 aromatic heterocycles. The Morgan fingerprint density at radius 1 is 1.20 bits per heavy atom. The Labute approximate surface area is 185 Å². The fraction of sp³-hybridized carbons (Fsp3) is 0.708. The van der Waals surface area contributed by atoms with Crippen LogP contribution in [0.5, 0.6) is 0 Å². The molecular formula is C24H38FNO3S. The lowest BCUT2D eigenvalue weighted by molar-refractivity contribution is -0.137. The zero-order valence-corrected chi connectivity index (χ0v) is 19.2. The van der Waals surface area contributed by atoms with Gasteiger partial charge in [-0.25, -0.2) is 4.39 Å². The Bertz CT molecular complexity index is 659. The number of rotatable bonds is 14. The molecule has 2 unspecified atom stereocenters. The number of aliphatic carboxylic acids is 1. The lowest BCUT2D eigenvalue weighted by Crippen LogP contribution is -2.43. The summed E-state index contributed by atoms with van der Waals surface area (Å²) in [5, 5.41) is 22.7. The first kappa shape index (κ1) is 25.2. The van der Waals surface area contributed by atoms with Crippen LogP contribution in [0.4, 0.5) is 4.39 Å². The summed E-state index contributed by atoms with van der Waals surface area (Å²) in [5.74, 6) is 0.780. The lowest BCUT2D eigenvalue weighted by atomic mass is 9.83. The summed E-state index contributed by atoms with van der Waals surface area (Å²) < 4.78 is 13.9. The van der Waals surface area contributed by atoms with Gasteiger partial charge in [0.25, 0.3) is 0 Å². The molecule has 1 aromatic rings. The zero-order chi connectivity index (χ0) is 22.0. The highest BCUT2D eigenvalue weighted by molar-refractivity contribution is 7.99. The molecule has 1 aliphatic carbocycles. The maximum absolute atomic E-state index is 13.9. The number of unbranched alkanes of at least 4 members (excludes halogenated alkanes) is 3. The molecule has 6 heteroatoms. The fourth-order valence-corrected chi connectivity index (χ4v) is 5.65. The topological polar surface area (TPSA) is 69.6 Å². The first-order chi connectivity index (χ1) is 14.3. The number of thioether (sulfide) groups is 1. The molecule has 0 spiro atoms. The summed E-state index contributed by atoms with van der Waals surface area (Å²) in [4.78, 5) is 11.3. The molecule has 4 nitrogen and oxygen atoms in total. The van der Waals surface area contributed by atoms with E-state index in [0.717, 1.165) is 63.5 Å². The first-order valence-corrected chi connectivity index (χ1v) is 12.3. The quantitative estimate of drug-likeness (QED) is 0.264. The van der Waals surface area contributed by atoms with Gasteiger partial charge < -0.3 is 15.5 Å². The molecule has 2 rings (SSSR count). The maximum atomic E-state index is 13.9. The molecule has 3 N–H and O–H groups in total. The highest BCUT2D eigenvalue weighted by Crippen LogP contribution is 2.40. The SMILES string of the molecule is CNC(C)(CC[C@@H]1C(CCCCCCC(=O)O)CC[C@H]1O)CSc1ccccc1F. The number of carboxylic acids is 1. The number of aliphatic hydroxyl groups is 1. The van der Waals surface area contributed by atoms with Gasteiger partial charge in [-0.1, -0.05) is 37.8 Å². The minimum Gasteiger partial charge on any atom is -0.481 e. The van der Waals surface area contributed by atoms with Crippen molar-refractivity contribution in [2.75, 3.05) is 12.8 Å². The van der Waals surface area contributed by atoms with Gasteiger partial charge in [-0.3, -0.25) is 4.79 Å². The van der Waals surface area contributed by atoms with E-state index in [1.165, 1.54) is 6.07 Å². The van der Waals surface area contributed by atoms with Crippen molar-refractivity contribution in [2.24, 2.45) is 11.8 Å². The Balaban J connectivity index is 1.78. The van der Waals surface area contributed by atoms with Crippen molar-refractivity contribution >= 4 is 17.7 Å². The average molecular weight is 440 g/mol. The summed E-state index contributed by atoms with van der Waals surface area (Å²) in [7, 11) is 1.96. The van der Waals surface area contributed by atoms with E-state index in [1.807, 2.05) is 19.2 Å². The molecule has 0 amide bonds. The van der Waals surface area contributed by atoms with E-state index in [1.54, 1.807) is 17.8 Å².